The summed E-state index contributed by atoms with van der Waals surface area (Å²) in [6, 6.07) is 0. The molecule has 0 aromatic carbocycles. The van der Waals surface area contributed by atoms with E-state index in [0.717, 1.165) is 24.7 Å². The van der Waals surface area contributed by atoms with Crippen LogP contribution in [0.15, 0.2) is 12.4 Å². The van der Waals surface area contributed by atoms with E-state index < -0.39 is 12.8 Å². The second-order valence-electron chi connectivity index (χ2n) is 7.77. The first kappa shape index (κ1) is 16.0. The second kappa shape index (κ2) is 5.34. The highest BCUT2D eigenvalue weighted by Crippen LogP contribution is 2.36. The van der Waals surface area contributed by atoms with Crippen LogP contribution < -0.4 is 5.46 Å². The number of hydrogen-bond donors (Lipinski definition) is 0. The fraction of sp³-hybridized carbons (Fsp3) is 0.812. The summed E-state index contributed by atoms with van der Waals surface area (Å²) in [5.41, 5.74) is -0.995. The lowest BCUT2D eigenvalue weighted by molar-refractivity contribution is 0.00578. The lowest BCUT2D eigenvalue weighted by Crippen LogP contribution is -2.41. The molecule has 1 saturated heterocycles. The van der Waals surface area contributed by atoms with Crippen molar-refractivity contribution in [3.63, 3.8) is 0 Å². The monoisotopic (exact) mass is 308 g/mol. The highest BCUT2D eigenvalue weighted by molar-refractivity contribution is 6.61. The summed E-state index contributed by atoms with van der Waals surface area (Å²) in [6.45, 7) is 8.42. The number of hydrogen-bond acceptors (Lipinski definition) is 3. The molecular formula is C16H26BFN2O2. The molecule has 0 N–H and O–H groups in total. The standard InChI is InChI=1S/C16H26BFN2O2/c1-14(2)15(3,4)22-17(21-14)13-10-19-20(11-13)12-16(18)8-6-5-7-9-16/h10-11H,5-9,12H2,1-4H3. The van der Waals surface area contributed by atoms with E-state index in [9.17, 15) is 4.39 Å². The van der Waals surface area contributed by atoms with Crippen LogP contribution in [0.2, 0.25) is 0 Å². The maximum absolute atomic E-state index is 14.8. The molecule has 2 aliphatic rings. The second-order valence-corrected chi connectivity index (χ2v) is 7.77. The predicted molar refractivity (Wildman–Crippen MR) is 84.9 cm³/mol. The Morgan fingerprint density at radius 1 is 1.14 bits per heavy atom. The van der Waals surface area contributed by atoms with E-state index in [1.165, 1.54) is 0 Å². The van der Waals surface area contributed by atoms with E-state index in [2.05, 4.69) is 5.10 Å². The quantitative estimate of drug-likeness (QED) is 0.806. The molecule has 0 radical (unpaired) electrons. The van der Waals surface area contributed by atoms with E-state index in [1.54, 1.807) is 10.9 Å². The molecule has 122 valence electrons. The molecule has 6 heteroatoms. The molecule has 22 heavy (non-hydrogen) atoms. The Morgan fingerprint density at radius 2 is 1.73 bits per heavy atom. The van der Waals surface area contributed by atoms with Crippen molar-refractivity contribution in [2.24, 2.45) is 0 Å². The Bertz CT molecular complexity index is 522. The average molecular weight is 308 g/mol. The fourth-order valence-electron chi connectivity index (χ4n) is 3.20. The molecule has 0 amide bonds. The first-order valence-electron chi connectivity index (χ1n) is 8.28. The molecule has 0 atom stereocenters. The molecule has 0 spiro atoms. The molecular weight excluding hydrogens is 282 g/mol. The lowest BCUT2D eigenvalue weighted by atomic mass is 9.82. The minimum Gasteiger partial charge on any atom is -0.399 e. The van der Waals surface area contributed by atoms with Gasteiger partial charge in [-0.2, -0.15) is 5.10 Å². The van der Waals surface area contributed by atoms with Crippen LogP contribution >= 0.6 is 0 Å². The molecule has 1 aromatic heterocycles. The molecule has 3 rings (SSSR count). The maximum Gasteiger partial charge on any atom is 0.498 e. The van der Waals surface area contributed by atoms with Crippen LogP contribution in [-0.2, 0) is 15.9 Å². The Labute approximate surface area is 132 Å². The normalized spacial score (nSPS) is 26.3. The predicted octanol–water partition coefficient (Wildman–Crippen LogP) is 2.85. The molecule has 2 heterocycles. The van der Waals surface area contributed by atoms with Crippen LogP contribution in [0.25, 0.3) is 0 Å². The maximum atomic E-state index is 14.8. The summed E-state index contributed by atoms with van der Waals surface area (Å²) in [7, 11) is -0.430. The lowest BCUT2D eigenvalue weighted by Gasteiger charge is -2.32. The van der Waals surface area contributed by atoms with Crippen molar-refractivity contribution in [2.75, 3.05) is 0 Å². The SMILES string of the molecule is CC1(C)OB(c2cnn(CC3(F)CCCCC3)c2)OC1(C)C. The van der Waals surface area contributed by atoms with Crippen molar-refractivity contribution in [3.05, 3.63) is 12.4 Å². The van der Waals surface area contributed by atoms with Gasteiger partial charge in [0.25, 0.3) is 0 Å². The van der Waals surface area contributed by atoms with Gasteiger partial charge in [-0.15, -0.1) is 0 Å². The molecule has 1 aliphatic carbocycles. The molecule has 1 saturated carbocycles. The van der Waals surface area contributed by atoms with Crippen LogP contribution in [0, 0.1) is 0 Å². The Hall–Kier alpha value is -0.875. The van der Waals surface area contributed by atoms with Crippen molar-refractivity contribution >= 4 is 12.6 Å². The number of rotatable bonds is 3. The van der Waals surface area contributed by atoms with E-state index in [-0.39, 0.29) is 11.2 Å². The highest BCUT2D eigenvalue weighted by Gasteiger charge is 2.52. The van der Waals surface area contributed by atoms with Crippen molar-refractivity contribution in [2.45, 2.75) is 83.2 Å². The van der Waals surface area contributed by atoms with Crippen molar-refractivity contribution in [3.8, 4) is 0 Å². The zero-order valence-electron chi connectivity index (χ0n) is 14.1. The third-order valence-corrected chi connectivity index (χ3v) is 5.37. The van der Waals surface area contributed by atoms with Gasteiger partial charge in [0.15, 0.2) is 0 Å². The average Bonchev–Trinajstić information content (AvgIpc) is 2.93. The third-order valence-electron chi connectivity index (χ3n) is 5.37. The van der Waals surface area contributed by atoms with E-state index >= 15 is 0 Å². The summed E-state index contributed by atoms with van der Waals surface area (Å²) >= 11 is 0. The molecule has 1 aliphatic heterocycles. The molecule has 0 unspecified atom stereocenters. The zero-order valence-corrected chi connectivity index (χ0v) is 14.1. The molecule has 1 aromatic rings. The Morgan fingerprint density at radius 3 is 2.32 bits per heavy atom. The molecule has 2 fully saturated rings. The number of aromatic nitrogens is 2. The van der Waals surface area contributed by atoms with Gasteiger partial charge in [-0.25, -0.2) is 4.39 Å². The van der Waals surface area contributed by atoms with Gasteiger partial charge in [0.05, 0.1) is 17.7 Å². The van der Waals surface area contributed by atoms with Gasteiger partial charge in [-0.1, -0.05) is 19.3 Å². The van der Waals surface area contributed by atoms with E-state index in [4.69, 9.17) is 9.31 Å². The fourth-order valence-corrected chi connectivity index (χ4v) is 3.20. The topological polar surface area (TPSA) is 36.3 Å². The number of halogens is 1. The van der Waals surface area contributed by atoms with Crippen LogP contribution in [-0.4, -0.2) is 33.8 Å². The summed E-state index contributed by atoms with van der Waals surface area (Å²) < 4.78 is 28.5. The van der Waals surface area contributed by atoms with Crippen molar-refractivity contribution in [1.29, 1.82) is 0 Å². The minimum absolute atomic E-state index is 0.326. The van der Waals surface area contributed by atoms with Gasteiger partial charge < -0.3 is 9.31 Å². The largest absolute Gasteiger partial charge is 0.498 e. The first-order chi connectivity index (χ1) is 10.2. The zero-order chi connectivity index (χ0) is 16.0. The number of alkyl halides is 1. The van der Waals surface area contributed by atoms with Gasteiger partial charge in [0, 0.05) is 17.9 Å². The summed E-state index contributed by atoms with van der Waals surface area (Å²) in [4.78, 5) is 0. The van der Waals surface area contributed by atoms with Gasteiger partial charge in [0.2, 0.25) is 0 Å². The first-order valence-corrected chi connectivity index (χ1v) is 8.28. The van der Waals surface area contributed by atoms with Crippen LogP contribution in [0.5, 0.6) is 0 Å². The van der Waals surface area contributed by atoms with Gasteiger partial charge in [-0.05, 0) is 40.5 Å². The van der Waals surface area contributed by atoms with Gasteiger partial charge in [-0.3, -0.25) is 4.68 Å². The van der Waals surface area contributed by atoms with Crippen LogP contribution in [0.1, 0.15) is 59.8 Å². The Kier molecular flexibility index (Phi) is 3.88. The van der Waals surface area contributed by atoms with Crippen LogP contribution in [0.3, 0.4) is 0 Å². The smallest absolute Gasteiger partial charge is 0.399 e. The van der Waals surface area contributed by atoms with Gasteiger partial charge >= 0.3 is 7.12 Å². The highest BCUT2D eigenvalue weighted by atomic mass is 19.1. The molecule has 0 bridgehead atoms. The molecule has 4 nitrogen and oxygen atoms in total. The van der Waals surface area contributed by atoms with E-state index in [1.807, 2.05) is 33.9 Å². The van der Waals surface area contributed by atoms with Crippen molar-refractivity contribution < 1.29 is 13.7 Å². The summed E-state index contributed by atoms with van der Waals surface area (Å²) in [5, 5.41) is 4.31. The van der Waals surface area contributed by atoms with Gasteiger partial charge in [0.1, 0.15) is 5.67 Å². The summed E-state index contributed by atoms with van der Waals surface area (Å²) in [5.74, 6) is 0. The third kappa shape index (κ3) is 2.95. The van der Waals surface area contributed by atoms with Crippen LogP contribution in [0.4, 0.5) is 4.39 Å². The van der Waals surface area contributed by atoms with Crippen molar-refractivity contribution in [1.82, 2.24) is 9.78 Å². The summed E-state index contributed by atoms with van der Waals surface area (Å²) in [6.07, 6.45) is 7.96. The van der Waals surface area contributed by atoms with E-state index in [0.29, 0.717) is 19.4 Å². The Balaban J connectivity index is 1.70. The minimum atomic E-state index is -1.11. The number of nitrogens with zero attached hydrogens (tertiary/aromatic N) is 2.